The number of hydrogen-bond donors (Lipinski definition) is 1. The Hall–Kier alpha value is -3.62. The lowest BCUT2D eigenvalue weighted by molar-refractivity contribution is -0.120. The molecule has 0 saturated heterocycles. The van der Waals surface area contributed by atoms with Crippen LogP contribution in [0.2, 0.25) is 5.02 Å². The molecule has 0 radical (unpaired) electrons. The van der Waals surface area contributed by atoms with E-state index in [4.69, 9.17) is 16.3 Å². The van der Waals surface area contributed by atoms with Gasteiger partial charge in [0.1, 0.15) is 11.5 Å². The number of hydrogen-bond acceptors (Lipinski definition) is 7. The normalized spacial score (nSPS) is 15.1. The van der Waals surface area contributed by atoms with Crippen LogP contribution in [0.4, 0.5) is 5.95 Å². The molecule has 1 N–H and O–H groups in total. The van der Waals surface area contributed by atoms with Gasteiger partial charge in [0.05, 0.1) is 13.2 Å². The Labute approximate surface area is 209 Å². The van der Waals surface area contributed by atoms with Crippen LogP contribution in [0.3, 0.4) is 0 Å². The molecule has 0 amide bonds. The highest BCUT2D eigenvalue weighted by Crippen LogP contribution is 2.38. The predicted octanol–water partition coefficient (Wildman–Crippen LogP) is 4.49. The van der Waals surface area contributed by atoms with Crippen LogP contribution in [0.1, 0.15) is 22.9 Å². The van der Waals surface area contributed by atoms with E-state index in [2.05, 4.69) is 43.8 Å². The summed E-state index contributed by atoms with van der Waals surface area (Å²) in [6.07, 6.45) is 4.87. The van der Waals surface area contributed by atoms with Crippen molar-refractivity contribution in [3.8, 4) is 11.5 Å². The number of methoxy groups -OCH3 is 1. The topological polar surface area (TPSA) is 83.6 Å². The van der Waals surface area contributed by atoms with Crippen molar-refractivity contribution in [3.63, 3.8) is 0 Å². The second-order valence-electron chi connectivity index (χ2n) is 8.44. The molecule has 0 saturated carbocycles. The highest BCUT2D eigenvalue weighted by molar-refractivity contribution is 6.31. The fourth-order valence-corrected chi connectivity index (χ4v) is 4.39. The maximum atomic E-state index is 9.88. The number of likely N-dealkylation sites (N-methyl/N-ethyl adjacent to an activating group) is 1. The van der Waals surface area contributed by atoms with E-state index < -0.39 is 0 Å². The van der Waals surface area contributed by atoms with Crippen molar-refractivity contribution < 1.29 is 14.3 Å². The van der Waals surface area contributed by atoms with Crippen LogP contribution < -0.4 is 14.4 Å². The quantitative estimate of drug-likeness (QED) is 0.410. The zero-order valence-electron chi connectivity index (χ0n) is 20.2. The number of halogens is 1. The molecule has 2 aromatic carbocycles. The molecular formula is C26H28ClN5O3. The van der Waals surface area contributed by atoms with Gasteiger partial charge in [-0.3, -0.25) is 9.69 Å². The van der Waals surface area contributed by atoms with Gasteiger partial charge in [-0.1, -0.05) is 11.6 Å². The smallest absolute Gasteiger partial charge is 0.298 e. The molecule has 0 fully saturated rings. The fraction of sp³-hybridized carbons (Fsp3) is 0.269. The fourth-order valence-electron chi connectivity index (χ4n) is 4.22. The number of anilines is 1. The molecule has 182 valence electrons. The molecule has 35 heavy (non-hydrogen) atoms. The van der Waals surface area contributed by atoms with Gasteiger partial charge in [-0.2, -0.15) is 0 Å². The van der Waals surface area contributed by atoms with E-state index in [1.807, 2.05) is 37.5 Å². The Morgan fingerprint density at radius 2 is 1.80 bits per heavy atom. The first-order valence-corrected chi connectivity index (χ1v) is 11.5. The average molecular weight is 494 g/mol. The van der Waals surface area contributed by atoms with E-state index in [0.29, 0.717) is 12.2 Å². The Balaban J connectivity index is 0.000000221. The monoisotopic (exact) mass is 493 g/mol. The molecule has 9 heteroatoms. The molecule has 0 aliphatic carbocycles. The van der Waals surface area contributed by atoms with E-state index in [1.54, 1.807) is 31.4 Å². The van der Waals surface area contributed by atoms with E-state index in [0.717, 1.165) is 40.8 Å². The van der Waals surface area contributed by atoms with Gasteiger partial charge in [-0.15, -0.1) is 0 Å². The largest absolute Gasteiger partial charge is 0.497 e. The SMILES string of the molecule is CN(C)c1ncc(C2c3[nH]c4ccc(Cl)cc4c3CCN2C)cn1.COc1ccc(OC=O)cc1. The number of H-pyrrole nitrogens is 1. The Bertz CT molecular complexity index is 1290. The summed E-state index contributed by atoms with van der Waals surface area (Å²) in [4.78, 5) is 26.7. The van der Waals surface area contributed by atoms with Gasteiger partial charge in [0.15, 0.2) is 0 Å². The van der Waals surface area contributed by atoms with Gasteiger partial charge in [0.2, 0.25) is 5.95 Å². The minimum absolute atomic E-state index is 0.135. The third-order valence-corrected chi connectivity index (χ3v) is 6.18. The van der Waals surface area contributed by atoms with Crippen LogP contribution in [0, 0.1) is 0 Å². The molecule has 1 aliphatic heterocycles. The lowest BCUT2D eigenvalue weighted by Crippen LogP contribution is -2.33. The molecule has 4 aromatic rings. The van der Waals surface area contributed by atoms with Gasteiger partial charge >= 0.3 is 0 Å². The lowest BCUT2D eigenvalue weighted by Gasteiger charge is -2.32. The first kappa shape index (κ1) is 24.5. The number of benzene rings is 2. The lowest BCUT2D eigenvalue weighted by atomic mass is 9.94. The number of nitrogens with zero attached hydrogens (tertiary/aromatic N) is 4. The average Bonchev–Trinajstić information content (AvgIpc) is 3.22. The van der Waals surface area contributed by atoms with Gasteiger partial charge in [-0.05, 0) is 61.5 Å². The Morgan fingerprint density at radius 1 is 1.11 bits per heavy atom. The van der Waals surface area contributed by atoms with Crippen molar-refractivity contribution in [1.82, 2.24) is 19.9 Å². The zero-order chi connectivity index (χ0) is 24.9. The van der Waals surface area contributed by atoms with Crippen LogP contribution in [0.15, 0.2) is 54.9 Å². The second kappa shape index (κ2) is 10.8. The predicted molar refractivity (Wildman–Crippen MR) is 138 cm³/mol. The molecular weight excluding hydrogens is 466 g/mol. The summed E-state index contributed by atoms with van der Waals surface area (Å²) in [6, 6.07) is 12.9. The van der Waals surface area contributed by atoms with E-state index >= 15 is 0 Å². The van der Waals surface area contributed by atoms with E-state index in [1.165, 1.54) is 16.6 Å². The maximum absolute atomic E-state index is 9.88. The summed E-state index contributed by atoms with van der Waals surface area (Å²) in [5, 5.41) is 2.00. The molecule has 8 nitrogen and oxygen atoms in total. The van der Waals surface area contributed by atoms with Crippen molar-refractivity contribution in [2.45, 2.75) is 12.5 Å². The number of carbonyl (C=O) groups excluding carboxylic acids is 1. The number of aromatic nitrogens is 3. The van der Waals surface area contributed by atoms with Gasteiger partial charge < -0.3 is 19.4 Å². The first-order chi connectivity index (χ1) is 16.9. The highest BCUT2D eigenvalue weighted by atomic mass is 35.5. The van der Waals surface area contributed by atoms with Crippen molar-refractivity contribution in [2.24, 2.45) is 0 Å². The number of rotatable bonds is 5. The number of ether oxygens (including phenoxy) is 2. The van der Waals surface area contributed by atoms with Gasteiger partial charge in [-0.25, -0.2) is 9.97 Å². The summed E-state index contributed by atoms with van der Waals surface area (Å²) in [5.74, 6) is 1.98. The molecule has 1 atom stereocenters. The number of fused-ring (bicyclic) bond motifs is 3. The number of aromatic amines is 1. The van der Waals surface area contributed by atoms with Crippen molar-refractivity contribution >= 4 is 34.9 Å². The van der Waals surface area contributed by atoms with E-state index in [9.17, 15) is 4.79 Å². The van der Waals surface area contributed by atoms with Crippen LogP contribution in [-0.4, -0.2) is 61.1 Å². The summed E-state index contributed by atoms with van der Waals surface area (Å²) in [6.45, 7) is 1.38. The Morgan fingerprint density at radius 3 is 2.43 bits per heavy atom. The third kappa shape index (κ3) is 5.39. The van der Waals surface area contributed by atoms with Crippen molar-refractivity contribution in [1.29, 1.82) is 0 Å². The number of carbonyl (C=O) groups is 1. The van der Waals surface area contributed by atoms with Crippen LogP contribution in [0.5, 0.6) is 11.5 Å². The minimum Gasteiger partial charge on any atom is -0.497 e. The van der Waals surface area contributed by atoms with Gasteiger partial charge in [0, 0.05) is 60.2 Å². The van der Waals surface area contributed by atoms with Crippen LogP contribution >= 0.6 is 11.6 Å². The van der Waals surface area contributed by atoms with Crippen molar-refractivity contribution in [3.05, 3.63) is 76.7 Å². The van der Waals surface area contributed by atoms with Crippen LogP contribution in [-0.2, 0) is 11.2 Å². The molecule has 5 rings (SSSR count). The molecule has 2 aromatic heterocycles. The molecule has 0 spiro atoms. The summed E-state index contributed by atoms with van der Waals surface area (Å²) in [7, 11) is 7.62. The maximum Gasteiger partial charge on any atom is 0.298 e. The first-order valence-electron chi connectivity index (χ1n) is 11.1. The standard InChI is InChI=1S/C18H20ClN5.C8H8O3/c1-23(2)18-20-9-11(10-21-18)17-16-13(6-7-24(17)3)14-8-12(19)4-5-15(14)22-16;1-10-7-2-4-8(5-3-7)11-6-9/h4-5,8-10,17,22H,6-7H2,1-3H3;2-6H,1H3. The Kier molecular flexibility index (Phi) is 7.53. The zero-order valence-corrected chi connectivity index (χ0v) is 20.9. The van der Waals surface area contributed by atoms with Crippen LogP contribution in [0.25, 0.3) is 10.9 Å². The number of nitrogens with one attached hydrogen (secondary N) is 1. The minimum atomic E-state index is 0.135. The molecule has 1 unspecified atom stereocenters. The molecule has 3 heterocycles. The third-order valence-electron chi connectivity index (χ3n) is 5.95. The summed E-state index contributed by atoms with van der Waals surface area (Å²) < 4.78 is 9.47. The second-order valence-corrected chi connectivity index (χ2v) is 8.88. The molecule has 0 bridgehead atoms. The van der Waals surface area contributed by atoms with Gasteiger partial charge in [0.25, 0.3) is 6.47 Å². The van der Waals surface area contributed by atoms with E-state index in [-0.39, 0.29) is 6.04 Å². The summed E-state index contributed by atoms with van der Waals surface area (Å²) >= 11 is 6.20. The highest BCUT2D eigenvalue weighted by Gasteiger charge is 2.30. The van der Waals surface area contributed by atoms with Crippen molar-refractivity contribution in [2.75, 3.05) is 39.7 Å². The summed E-state index contributed by atoms with van der Waals surface area (Å²) in [5.41, 5.74) is 4.81. The molecule has 1 aliphatic rings.